The van der Waals surface area contributed by atoms with Gasteiger partial charge in [0.15, 0.2) is 11.4 Å². The SMILES string of the molecule is CCOC1=C(CNC(=O)C(F)(F)F)C=C(c2ccc(O)c3c2C[C@H]2C[C@H]4C(N(C)C)C(=O)C(C(N)=O)=C(O)[C@@]4(O)C(=O)C2=C3O)CC1. The molecule has 1 fully saturated rings. The van der Waals surface area contributed by atoms with E-state index in [2.05, 4.69) is 0 Å². The molecule has 1 unspecified atom stereocenters. The number of rotatable bonds is 7. The van der Waals surface area contributed by atoms with Gasteiger partial charge in [-0.05, 0) is 69.0 Å². The number of Topliss-reactive ketones (excluding diaryl/α,β-unsaturated/α-hetero) is 2. The lowest BCUT2D eigenvalue weighted by atomic mass is 9.57. The smallest absolute Gasteiger partial charge is 0.471 e. The molecule has 15 heteroatoms. The Bertz CT molecular complexity index is 1720. The van der Waals surface area contributed by atoms with Gasteiger partial charge in [0.05, 0.1) is 18.2 Å². The van der Waals surface area contributed by atoms with E-state index in [4.69, 9.17) is 10.5 Å². The molecule has 1 aromatic carbocycles. The number of ketones is 2. The maximum Gasteiger partial charge on any atom is 0.471 e. The second kappa shape index (κ2) is 11.9. The van der Waals surface area contributed by atoms with Crippen LogP contribution >= 0.6 is 0 Å². The lowest BCUT2D eigenvalue weighted by Gasteiger charge is -2.50. The fourth-order valence-electron chi connectivity index (χ4n) is 7.29. The molecule has 4 aliphatic carbocycles. The number of nitrogens with two attached hydrogens (primary N) is 1. The molecule has 0 radical (unpaired) electrons. The highest BCUT2D eigenvalue weighted by molar-refractivity contribution is 6.24. The first-order valence-corrected chi connectivity index (χ1v) is 14.8. The highest BCUT2D eigenvalue weighted by Crippen LogP contribution is 2.53. The third-order valence-corrected chi connectivity index (χ3v) is 9.29. The number of aromatic hydroxyl groups is 1. The van der Waals surface area contributed by atoms with Crippen molar-refractivity contribution in [3.8, 4) is 5.75 Å². The third-order valence-electron chi connectivity index (χ3n) is 9.29. The summed E-state index contributed by atoms with van der Waals surface area (Å²) in [6.07, 6.45) is -2.97. The van der Waals surface area contributed by atoms with Gasteiger partial charge in [-0.25, -0.2) is 0 Å². The maximum absolute atomic E-state index is 14.1. The van der Waals surface area contributed by atoms with Gasteiger partial charge in [0, 0.05) is 30.0 Å². The minimum absolute atomic E-state index is 0.0256. The predicted molar refractivity (Wildman–Crippen MR) is 159 cm³/mol. The van der Waals surface area contributed by atoms with Gasteiger partial charge in [-0.15, -0.1) is 0 Å². The summed E-state index contributed by atoms with van der Waals surface area (Å²) < 4.78 is 44.3. The van der Waals surface area contributed by atoms with Gasteiger partial charge in [0.1, 0.15) is 28.6 Å². The van der Waals surface area contributed by atoms with Crippen molar-refractivity contribution in [2.24, 2.45) is 17.6 Å². The number of fused-ring (bicyclic) bond motifs is 3. The Labute approximate surface area is 266 Å². The molecule has 47 heavy (non-hydrogen) atoms. The summed E-state index contributed by atoms with van der Waals surface area (Å²) in [4.78, 5) is 52.5. The van der Waals surface area contributed by atoms with Crippen LogP contribution in [-0.2, 0) is 30.3 Å². The molecule has 7 N–H and O–H groups in total. The van der Waals surface area contributed by atoms with Crippen LogP contribution in [0.3, 0.4) is 0 Å². The van der Waals surface area contributed by atoms with Crippen molar-refractivity contribution in [3.63, 3.8) is 0 Å². The van der Waals surface area contributed by atoms with Crippen molar-refractivity contribution in [1.29, 1.82) is 0 Å². The van der Waals surface area contributed by atoms with Crippen LogP contribution in [0.2, 0.25) is 0 Å². The Balaban J connectivity index is 1.62. The van der Waals surface area contributed by atoms with Gasteiger partial charge < -0.3 is 36.2 Å². The lowest BCUT2D eigenvalue weighted by molar-refractivity contribution is -0.173. The molecule has 5 rings (SSSR count). The summed E-state index contributed by atoms with van der Waals surface area (Å²) in [5, 5.41) is 47.0. The number of ether oxygens (including phenoxy) is 1. The second-order valence-electron chi connectivity index (χ2n) is 12.2. The summed E-state index contributed by atoms with van der Waals surface area (Å²) in [5.41, 5.74) is 3.04. The first kappa shape index (κ1) is 33.7. The van der Waals surface area contributed by atoms with Crippen molar-refractivity contribution < 1.29 is 57.5 Å². The van der Waals surface area contributed by atoms with Crippen molar-refractivity contribution in [2.75, 3.05) is 27.2 Å². The maximum atomic E-state index is 14.1. The van der Waals surface area contributed by atoms with E-state index < -0.39 is 82.4 Å². The highest BCUT2D eigenvalue weighted by Gasteiger charge is 2.64. The quantitative estimate of drug-likeness (QED) is 0.235. The van der Waals surface area contributed by atoms with E-state index in [-0.39, 0.29) is 37.0 Å². The van der Waals surface area contributed by atoms with Crippen LogP contribution < -0.4 is 11.1 Å². The number of carbonyl (C=O) groups excluding carboxylic acids is 4. The Morgan fingerprint density at radius 1 is 1.15 bits per heavy atom. The van der Waals surface area contributed by atoms with Crippen LogP contribution in [0.4, 0.5) is 13.2 Å². The molecule has 1 saturated carbocycles. The molecule has 1 aromatic rings. The lowest BCUT2D eigenvalue weighted by Crippen LogP contribution is -2.65. The van der Waals surface area contributed by atoms with E-state index in [1.165, 1.54) is 25.1 Å². The zero-order valence-electron chi connectivity index (χ0n) is 25.7. The number of phenolic OH excluding ortho intramolecular Hbond substituents is 1. The first-order chi connectivity index (χ1) is 21.9. The average molecular weight is 662 g/mol. The van der Waals surface area contributed by atoms with Crippen LogP contribution in [0.1, 0.15) is 42.9 Å². The molecule has 0 spiro atoms. The van der Waals surface area contributed by atoms with Gasteiger partial charge in [0.25, 0.3) is 5.91 Å². The van der Waals surface area contributed by atoms with E-state index in [0.29, 0.717) is 34.5 Å². The molecule has 12 nitrogen and oxygen atoms in total. The van der Waals surface area contributed by atoms with E-state index in [1.807, 2.05) is 5.32 Å². The zero-order valence-corrected chi connectivity index (χ0v) is 25.7. The van der Waals surface area contributed by atoms with Gasteiger partial charge in [-0.3, -0.25) is 24.1 Å². The fourth-order valence-corrected chi connectivity index (χ4v) is 7.29. The molecule has 4 atom stereocenters. The van der Waals surface area contributed by atoms with E-state index >= 15 is 0 Å². The summed E-state index contributed by atoms with van der Waals surface area (Å²) in [5.74, 6) is -9.41. The molecule has 252 valence electrons. The number of hydrogen-bond donors (Lipinski definition) is 6. The molecule has 0 aromatic heterocycles. The molecule has 2 amide bonds. The summed E-state index contributed by atoms with van der Waals surface area (Å²) in [6, 6.07) is 1.60. The van der Waals surface area contributed by atoms with Crippen molar-refractivity contribution in [2.45, 2.75) is 50.4 Å². The van der Waals surface area contributed by atoms with Crippen molar-refractivity contribution in [1.82, 2.24) is 10.2 Å². The largest absolute Gasteiger partial charge is 0.508 e. The number of aliphatic hydroxyl groups excluding tert-OH is 2. The molecule has 0 bridgehead atoms. The molecular weight excluding hydrogens is 627 g/mol. The summed E-state index contributed by atoms with van der Waals surface area (Å²) >= 11 is 0. The minimum atomic E-state index is -5.09. The van der Waals surface area contributed by atoms with Gasteiger partial charge in [0.2, 0.25) is 5.78 Å². The highest BCUT2D eigenvalue weighted by atomic mass is 19.4. The zero-order chi connectivity index (χ0) is 34.7. The van der Waals surface area contributed by atoms with Crippen LogP contribution in [0.15, 0.2) is 46.4 Å². The summed E-state index contributed by atoms with van der Waals surface area (Å²) in [6.45, 7) is 1.46. The number of benzene rings is 1. The number of alkyl halides is 3. The molecular formula is C32H34F3N3O9. The number of primary amides is 1. The Kier molecular flexibility index (Phi) is 8.52. The third kappa shape index (κ3) is 5.36. The van der Waals surface area contributed by atoms with Gasteiger partial charge in [-0.2, -0.15) is 13.2 Å². The van der Waals surface area contributed by atoms with E-state index in [1.54, 1.807) is 19.1 Å². The topological polar surface area (TPSA) is 200 Å². The number of hydrogen-bond acceptors (Lipinski definition) is 10. The first-order valence-electron chi connectivity index (χ1n) is 14.8. The standard InChI is InChI=1S/C32H34F3N3O9/c1-4-47-20-8-5-13(9-15(20)12-37-30(45)32(33,34)35)16-6-7-19(39)22-17(16)10-14-11-18-24(38(2)3)26(41)23(29(36)44)28(43)31(18,46)27(42)21(14)25(22)40/h6-7,9,14,18,24,39-40,43,46H,4-5,8,10-12H2,1-3H3,(H2,36,44)(H,37,45)/t14-,18-,24?,31-/m0/s1. The second-order valence-corrected chi connectivity index (χ2v) is 12.2. The Morgan fingerprint density at radius 3 is 2.43 bits per heavy atom. The molecule has 0 heterocycles. The van der Waals surface area contributed by atoms with Crippen molar-refractivity contribution in [3.05, 3.63) is 63.1 Å². The van der Waals surface area contributed by atoms with Crippen LogP contribution in [0, 0.1) is 11.8 Å². The number of halogens is 3. The van der Waals surface area contributed by atoms with Gasteiger partial charge in [-0.1, -0.05) is 12.1 Å². The van der Waals surface area contributed by atoms with Crippen LogP contribution in [0.5, 0.6) is 5.75 Å². The van der Waals surface area contributed by atoms with Gasteiger partial charge >= 0.3 is 12.1 Å². The number of allylic oxidation sites excluding steroid dienone is 2. The average Bonchev–Trinajstić information content (AvgIpc) is 2.97. The Morgan fingerprint density at radius 2 is 1.83 bits per heavy atom. The molecule has 0 aliphatic heterocycles. The Hall–Kier alpha value is -4.63. The summed E-state index contributed by atoms with van der Waals surface area (Å²) in [7, 11) is 3.00. The monoisotopic (exact) mass is 661 g/mol. The van der Waals surface area contributed by atoms with E-state index in [9.17, 15) is 52.8 Å². The number of nitrogens with one attached hydrogen (secondary N) is 1. The minimum Gasteiger partial charge on any atom is -0.508 e. The number of likely N-dealkylation sites (N-methyl/N-ethyl adjacent to an activating group) is 1. The van der Waals surface area contributed by atoms with Crippen LogP contribution in [0.25, 0.3) is 11.3 Å². The molecule has 4 aliphatic rings. The number of nitrogens with zero attached hydrogens (tertiary/aromatic N) is 1. The van der Waals surface area contributed by atoms with Crippen LogP contribution in [-0.4, -0.2) is 93.8 Å². The molecule has 0 saturated heterocycles. The normalized spacial score (nSPS) is 26.1. The van der Waals surface area contributed by atoms with E-state index in [0.717, 1.165) is 0 Å². The number of aliphatic hydroxyl groups is 3. The number of carbonyl (C=O) groups is 4. The number of amides is 2. The predicted octanol–water partition coefficient (Wildman–Crippen LogP) is 2.11. The fraction of sp³-hybridized carbons (Fsp3) is 0.438. The number of phenols is 1. The van der Waals surface area contributed by atoms with Crippen molar-refractivity contribution >= 4 is 34.7 Å².